The third kappa shape index (κ3) is 20.1. The summed E-state index contributed by atoms with van der Waals surface area (Å²) in [6, 6.07) is 32.5. The van der Waals surface area contributed by atoms with Crippen molar-refractivity contribution in [2.45, 2.75) is 32.2 Å². The van der Waals surface area contributed by atoms with Crippen LogP contribution in [-0.2, 0) is 32.2 Å². The number of amidine groups is 1. The molecule has 0 aliphatic heterocycles. The highest BCUT2D eigenvalue weighted by Gasteiger charge is 2.09. The van der Waals surface area contributed by atoms with E-state index >= 15 is 0 Å². The molecule has 418 valence electrons. The minimum atomic E-state index is 0. The highest BCUT2D eigenvalue weighted by Crippen LogP contribution is 2.26. The van der Waals surface area contributed by atoms with Crippen molar-refractivity contribution < 1.29 is 0 Å². The van der Waals surface area contributed by atoms with Gasteiger partial charge in [0.05, 0.1) is 22.9 Å². The fourth-order valence-electron chi connectivity index (χ4n) is 8.30. The minimum Gasteiger partial charge on any atom is -0.399 e. The zero-order chi connectivity index (χ0) is 56.1. The van der Waals surface area contributed by atoms with Gasteiger partial charge in [0.2, 0.25) is 0 Å². The molecule has 6 heterocycles. The summed E-state index contributed by atoms with van der Waals surface area (Å²) in [7, 11) is 16.7. The van der Waals surface area contributed by atoms with Gasteiger partial charge >= 0.3 is 0 Å². The number of anilines is 1. The number of benzene rings is 4. The average molecular weight is 1300 g/mol. The predicted molar refractivity (Wildman–Crippen MR) is 359 cm³/mol. The van der Waals surface area contributed by atoms with Crippen molar-refractivity contribution >= 4 is 140 Å². The van der Waals surface area contributed by atoms with Crippen LogP contribution < -0.4 is 11.5 Å². The Hall–Kier alpha value is -5.73. The molecule has 79 heavy (non-hydrogen) atoms. The number of rotatable bonds is 16. The molecule has 0 spiro atoms. The summed E-state index contributed by atoms with van der Waals surface area (Å²) in [5.74, 6) is 0.613. The number of nitrogen functional groups attached to an aromatic ring is 1. The van der Waals surface area contributed by atoms with E-state index in [0.717, 1.165) is 82.8 Å². The molecule has 4 aromatic carbocycles. The zero-order valence-corrected chi connectivity index (χ0v) is 53.3. The van der Waals surface area contributed by atoms with Gasteiger partial charge in [-0.2, -0.15) is 0 Å². The fourth-order valence-corrected chi connectivity index (χ4v) is 10.5. The summed E-state index contributed by atoms with van der Waals surface area (Å²) in [6.07, 6.45) is 14.4. The molecule has 10 aromatic rings. The van der Waals surface area contributed by atoms with Gasteiger partial charge in [-0.3, -0.25) is 10.4 Å². The molecule has 0 saturated heterocycles. The van der Waals surface area contributed by atoms with Crippen molar-refractivity contribution in [1.29, 1.82) is 5.41 Å². The topological polar surface area (TPSA) is 169 Å². The molecule has 0 aliphatic rings. The van der Waals surface area contributed by atoms with Gasteiger partial charge in [0, 0.05) is 99.4 Å². The maximum absolute atomic E-state index is 7.37. The first-order valence-corrected chi connectivity index (χ1v) is 29.6. The second kappa shape index (κ2) is 32.5. The highest BCUT2D eigenvalue weighted by molar-refractivity contribution is 14.0. The van der Waals surface area contributed by atoms with Crippen molar-refractivity contribution in [1.82, 2.24) is 39.5 Å². The number of hydrogen-bond acceptors (Lipinski definition) is 10. The largest absolute Gasteiger partial charge is 0.399 e. The third-order valence-corrected chi connectivity index (χ3v) is 15.7. The van der Waals surface area contributed by atoms with E-state index in [1.807, 2.05) is 83.9 Å². The first-order chi connectivity index (χ1) is 37.5. The molecule has 18 heteroatoms. The Balaban J connectivity index is 0.000000186. The Labute approximate surface area is 504 Å². The van der Waals surface area contributed by atoms with Crippen LogP contribution in [0.5, 0.6) is 0 Å². The maximum Gasteiger partial charge on any atom is 0.187 e. The number of fused-ring (bicyclic) bond motifs is 4. The Morgan fingerprint density at radius 2 is 1.01 bits per heavy atom. The van der Waals surface area contributed by atoms with Gasteiger partial charge in [-0.15, -0.1) is 58.4 Å². The molecule has 0 bridgehead atoms. The van der Waals surface area contributed by atoms with Gasteiger partial charge in [0.25, 0.3) is 0 Å². The minimum absolute atomic E-state index is 0. The number of hydrogen-bond donors (Lipinski definition) is 7. The number of aliphatic imine (C=N–C) groups is 1. The standard InChI is InChI=1S/C18H22N4S.C13H15N3.C12H15BrN2.C12H17N3.C6H7NS2.HI/c1-22(2)8-7-14-12-20-16-6-5-13(10-15(14)16)11-21-18(19)17-4-3-9-23-17;1-14-11-4-5-13-12(8-11)10(9-15-13)6-7-16(2)3;2*1-15(2)6-5-9-8-14-12-4-3-10(13)7-11(9)12;1-8-6(7)5-3-2-4-9-5;/h3-6,9-10,12,20H,7-8,11H2,1-2H3,(H2,19,21);4-5,8-9,15H,6-7H2,2-3H3;3-4,7-8,14H,5-6H2,1-2H3;3-4,7-8,14H,5-6,13H2,1-2H3;2-4,7H,1H3;1H. The van der Waals surface area contributed by atoms with Crippen molar-refractivity contribution in [2.75, 3.05) is 94.5 Å². The Kier molecular flexibility index (Phi) is 26.4. The van der Waals surface area contributed by atoms with E-state index in [1.54, 1.807) is 22.7 Å². The van der Waals surface area contributed by atoms with Gasteiger partial charge in [-0.25, -0.2) is 4.85 Å². The number of nitrogens with zero attached hydrogens (tertiary/aromatic N) is 6. The monoisotopic (exact) mass is 1290 g/mol. The van der Waals surface area contributed by atoms with Crippen molar-refractivity contribution in [3.8, 4) is 0 Å². The second-order valence-corrected chi connectivity index (χ2v) is 23.5. The van der Waals surface area contributed by atoms with Crippen LogP contribution in [0.15, 0.2) is 142 Å². The first-order valence-electron chi connectivity index (χ1n) is 25.8. The fraction of sp³-hybridized carbons (Fsp3) is 0.295. The van der Waals surface area contributed by atoms with Gasteiger partial charge in [0.15, 0.2) is 5.69 Å². The van der Waals surface area contributed by atoms with Crippen LogP contribution in [0.2, 0.25) is 0 Å². The summed E-state index contributed by atoms with van der Waals surface area (Å²) >= 11 is 8.21. The van der Waals surface area contributed by atoms with Crippen molar-refractivity contribution in [2.24, 2.45) is 10.7 Å². The van der Waals surface area contributed by atoms with Crippen LogP contribution >= 0.6 is 74.3 Å². The van der Waals surface area contributed by atoms with Crippen molar-refractivity contribution in [3.63, 3.8) is 0 Å². The molecule has 0 radical (unpaired) electrons. The van der Waals surface area contributed by atoms with E-state index in [4.69, 9.17) is 23.4 Å². The summed E-state index contributed by atoms with van der Waals surface area (Å²) in [6.45, 7) is 11.8. The van der Waals surface area contributed by atoms with E-state index in [-0.39, 0.29) is 24.0 Å². The van der Waals surface area contributed by atoms with Crippen molar-refractivity contribution in [3.05, 3.63) is 186 Å². The number of nitrogens with two attached hydrogens (primary N) is 2. The normalized spacial score (nSPS) is 11.2. The van der Waals surface area contributed by atoms with Gasteiger partial charge in [-0.05, 0) is 205 Å². The van der Waals surface area contributed by atoms with Crippen LogP contribution in [0.25, 0.3) is 48.5 Å². The van der Waals surface area contributed by atoms with E-state index in [9.17, 15) is 0 Å². The van der Waals surface area contributed by atoms with E-state index in [1.165, 1.54) is 72.2 Å². The van der Waals surface area contributed by atoms with Crippen LogP contribution in [-0.4, -0.2) is 139 Å². The molecule has 0 atom stereocenters. The molecular weight excluding hydrogens is 1220 g/mol. The van der Waals surface area contributed by atoms with E-state index in [0.29, 0.717) is 23.1 Å². The molecule has 0 amide bonds. The Morgan fingerprint density at radius 1 is 0.595 bits per heavy atom. The Morgan fingerprint density at radius 3 is 1.46 bits per heavy atom. The number of likely N-dealkylation sites (N-methyl/N-ethyl adjacent to an activating group) is 4. The molecule has 9 N–H and O–H groups in total. The molecule has 10 rings (SSSR count). The van der Waals surface area contributed by atoms with Gasteiger partial charge < -0.3 is 51.0 Å². The number of thioether (sulfide) groups is 1. The quantitative estimate of drug-likeness (QED) is 0.0166. The molecule has 0 saturated carbocycles. The van der Waals surface area contributed by atoms with Crippen LogP contribution in [0.1, 0.15) is 37.6 Å². The molecule has 6 aromatic heterocycles. The third-order valence-electron chi connectivity index (χ3n) is 12.7. The van der Waals surface area contributed by atoms with Gasteiger partial charge in [0.1, 0.15) is 10.9 Å². The number of aromatic amines is 4. The number of H-pyrrole nitrogens is 4. The number of halogens is 2. The SMILES string of the molecule is CN(C)CCc1c[nH]c2ccc(Br)cc12.CN(C)CCc1c[nH]c2ccc(CN=C(N)c3cccs3)cc12.CN(C)CCc1c[nH]c2ccc(N)cc12.CSC(=N)c1cccs1.I.[C-]#[N+]c1ccc2[nH]cc(CCN(C)C)c2c1. The van der Waals surface area contributed by atoms with E-state index < -0.39 is 0 Å². The number of nitrogens with one attached hydrogen (secondary N) is 5. The Bertz CT molecular complexity index is 3400. The van der Waals surface area contributed by atoms with Crippen LogP contribution in [0.3, 0.4) is 0 Å². The first kappa shape index (κ1) is 64.1. The summed E-state index contributed by atoms with van der Waals surface area (Å²) in [4.78, 5) is 32.0. The lowest BCUT2D eigenvalue weighted by Gasteiger charge is -2.08. The molecule has 13 nitrogen and oxygen atoms in total. The summed E-state index contributed by atoms with van der Waals surface area (Å²) in [5.41, 5.74) is 24.6. The van der Waals surface area contributed by atoms with Crippen LogP contribution in [0, 0.1) is 12.0 Å². The lowest BCUT2D eigenvalue weighted by Crippen LogP contribution is -2.14. The van der Waals surface area contributed by atoms with Crippen LogP contribution in [0.4, 0.5) is 11.4 Å². The molecule has 0 unspecified atom stereocenters. The summed E-state index contributed by atoms with van der Waals surface area (Å²) < 4.78 is 1.14. The molecular formula is C61H77BrIN13S3. The molecule has 0 fully saturated rings. The van der Waals surface area contributed by atoms with E-state index in [2.05, 4.69) is 177 Å². The lowest BCUT2D eigenvalue weighted by molar-refractivity contribution is 0.414. The smallest absolute Gasteiger partial charge is 0.187 e. The van der Waals surface area contributed by atoms with Gasteiger partial charge in [-0.1, -0.05) is 40.2 Å². The highest BCUT2D eigenvalue weighted by atomic mass is 127. The zero-order valence-electron chi connectivity index (χ0n) is 46.9. The molecule has 0 aliphatic carbocycles. The number of thiophene rings is 2. The number of aromatic nitrogens is 4. The predicted octanol–water partition coefficient (Wildman–Crippen LogP) is 14.0. The summed E-state index contributed by atoms with van der Waals surface area (Å²) in [5, 5.41) is 17.1. The maximum atomic E-state index is 7.37. The lowest BCUT2D eigenvalue weighted by atomic mass is 10.1. The average Bonchev–Trinajstić information content (AvgIpc) is 4.41. The second-order valence-electron chi connectivity index (χ2n) is 19.9.